The van der Waals surface area contributed by atoms with Gasteiger partial charge in [-0.25, -0.2) is 4.68 Å². The summed E-state index contributed by atoms with van der Waals surface area (Å²) in [5.41, 5.74) is 1.73. The molecule has 2 atom stereocenters. The van der Waals surface area contributed by atoms with Gasteiger partial charge in [0.05, 0.1) is 6.04 Å². The summed E-state index contributed by atoms with van der Waals surface area (Å²) in [5, 5.41) is 7.26. The molecular formula is C25H24F3N5O3. The predicted molar refractivity (Wildman–Crippen MR) is 125 cm³/mol. The summed E-state index contributed by atoms with van der Waals surface area (Å²) in [6.07, 6.45) is -4.79. The van der Waals surface area contributed by atoms with Crippen LogP contribution in [-0.2, 0) is 0 Å². The van der Waals surface area contributed by atoms with Crippen molar-refractivity contribution < 1.29 is 27.4 Å². The minimum atomic E-state index is -4.53. The van der Waals surface area contributed by atoms with Crippen LogP contribution < -0.4 is 19.7 Å². The first kappa shape index (κ1) is 22.6. The topological polar surface area (TPSA) is 71.9 Å². The molecule has 8 nitrogen and oxygen atoms in total. The van der Waals surface area contributed by atoms with E-state index in [2.05, 4.69) is 15.3 Å². The molecule has 188 valence electrons. The highest BCUT2D eigenvalue weighted by atomic mass is 19.4. The highest BCUT2D eigenvalue weighted by Crippen LogP contribution is 2.45. The zero-order chi connectivity index (χ0) is 24.9. The molecule has 36 heavy (non-hydrogen) atoms. The van der Waals surface area contributed by atoms with E-state index in [0.717, 1.165) is 10.4 Å². The molecule has 1 saturated heterocycles. The second-order valence-corrected chi connectivity index (χ2v) is 9.08. The van der Waals surface area contributed by atoms with Crippen molar-refractivity contribution in [3.05, 3.63) is 65.9 Å². The summed E-state index contributed by atoms with van der Waals surface area (Å²) in [6, 6.07) is 13.9. The molecule has 6 rings (SSSR count). The van der Waals surface area contributed by atoms with Gasteiger partial charge in [0, 0.05) is 44.4 Å². The smallest absolute Gasteiger partial charge is 0.410 e. The predicted octanol–water partition coefficient (Wildman–Crippen LogP) is 4.23. The van der Waals surface area contributed by atoms with Crippen molar-refractivity contribution in [3.63, 3.8) is 0 Å². The van der Waals surface area contributed by atoms with Crippen LogP contribution in [0.1, 0.15) is 34.6 Å². The van der Waals surface area contributed by atoms with Crippen molar-refractivity contribution in [2.24, 2.45) is 0 Å². The summed E-state index contributed by atoms with van der Waals surface area (Å²) in [4.78, 5) is 17.0. The van der Waals surface area contributed by atoms with E-state index in [-0.39, 0.29) is 30.6 Å². The number of halogens is 3. The van der Waals surface area contributed by atoms with Crippen LogP contribution in [0.2, 0.25) is 0 Å². The lowest BCUT2D eigenvalue weighted by Crippen LogP contribution is -2.49. The van der Waals surface area contributed by atoms with Crippen molar-refractivity contribution in [2.75, 3.05) is 43.2 Å². The average Bonchev–Trinajstić information content (AvgIpc) is 3.54. The zero-order valence-corrected chi connectivity index (χ0v) is 19.2. The van der Waals surface area contributed by atoms with Crippen molar-refractivity contribution in [2.45, 2.75) is 24.7 Å². The number of rotatable bonds is 3. The first-order valence-electron chi connectivity index (χ1n) is 11.8. The molecule has 2 aromatic carbocycles. The Balaban J connectivity index is 1.22. The van der Waals surface area contributed by atoms with Crippen molar-refractivity contribution in [1.82, 2.24) is 14.7 Å². The molecule has 4 heterocycles. The van der Waals surface area contributed by atoms with Crippen LogP contribution in [0.15, 0.2) is 54.6 Å². The van der Waals surface area contributed by atoms with E-state index in [1.807, 2.05) is 30.3 Å². The highest BCUT2D eigenvalue weighted by molar-refractivity contribution is 5.93. The Morgan fingerprint density at radius 1 is 0.972 bits per heavy atom. The Kier molecular flexibility index (Phi) is 5.42. The fourth-order valence-corrected chi connectivity index (χ4v) is 5.00. The van der Waals surface area contributed by atoms with Gasteiger partial charge < -0.3 is 24.6 Å². The number of piperazine rings is 1. The van der Waals surface area contributed by atoms with Gasteiger partial charge in [-0.05, 0) is 29.8 Å². The van der Waals surface area contributed by atoms with Crippen LogP contribution >= 0.6 is 0 Å². The van der Waals surface area contributed by atoms with Crippen LogP contribution in [0.4, 0.5) is 24.7 Å². The Hall–Kier alpha value is -3.89. The largest absolute Gasteiger partial charge is 0.454 e. The molecule has 1 fully saturated rings. The average molecular weight is 499 g/mol. The van der Waals surface area contributed by atoms with Crippen LogP contribution in [0.5, 0.6) is 11.5 Å². The number of hydrogen-bond donors (Lipinski definition) is 1. The Morgan fingerprint density at radius 3 is 2.47 bits per heavy atom. The summed E-state index contributed by atoms with van der Waals surface area (Å²) in [5.74, 6) is 0.860. The van der Waals surface area contributed by atoms with Crippen molar-refractivity contribution in [3.8, 4) is 11.5 Å². The van der Waals surface area contributed by atoms with Crippen LogP contribution in [-0.4, -0.2) is 59.7 Å². The SMILES string of the molecule is O=C(c1cc2n(n1)[C@@H](C(F)(F)F)C[C@@H](c1ccc3c(c1)OCO3)N2)N1CCN(c2ccccc2)CC1. The van der Waals surface area contributed by atoms with Gasteiger partial charge in [-0.2, -0.15) is 18.3 Å². The molecule has 0 radical (unpaired) electrons. The standard InChI is InChI=1S/C25H24F3N5O3/c26-25(27,28)22-13-18(16-6-7-20-21(12-16)36-15-35-20)29-23-14-19(30-33(22)23)24(34)32-10-8-31(9-11-32)17-4-2-1-3-5-17/h1-7,12,14,18,22,29H,8-11,13,15H2/t18-,22+/m0/s1. The lowest BCUT2D eigenvalue weighted by Gasteiger charge is -2.35. The molecule has 0 bridgehead atoms. The van der Waals surface area contributed by atoms with Gasteiger partial charge >= 0.3 is 6.18 Å². The summed E-state index contributed by atoms with van der Waals surface area (Å²) in [7, 11) is 0. The number of amides is 1. The molecule has 3 aromatic rings. The third kappa shape index (κ3) is 4.08. The monoisotopic (exact) mass is 499 g/mol. The molecule has 1 aromatic heterocycles. The number of benzene rings is 2. The lowest BCUT2D eigenvalue weighted by atomic mass is 9.96. The molecule has 0 aliphatic carbocycles. The second kappa shape index (κ2) is 8.65. The molecule has 0 spiro atoms. The van der Waals surface area contributed by atoms with Gasteiger partial charge in [0.1, 0.15) is 5.82 Å². The molecule has 0 saturated carbocycles. The van der Waals surface area contributed by atoms with Gasteiger partial charge in [-0.3, -0.25) is 4.79 Å². The van der Waals surface area contributed by atoms with Gasteiger partial charge in [-0.1, -0.05) is 24.3 Å². The first-order chi connectivity index (χ1) is 17.4. The van der Waals surface area contributed by atoms with E-state index in [0.29, 0.717) is 43.2 Å². The number of nitrogens with zero attached hydrogens (tertiary/aromatic N) is 4. The zero-order valence-electron chi connectivity index (χ0n) is 19.2. The number of nitrogens with one attached hydrogen (secondary N) is 1. The molecule has 0 unspecified atom stereocenters. The van der Waals surface area contributed by atoms with Crippen molar-refractivity contribution in [1.29, 1.82) is 0 Å². The second-order valence-electron chi connectivity index (χ2n) is 9.08. The molecule has 11 heteroatoms. The maximum absolute atomic E-state index is 14.1. The Morgan fingerprint density at radius 2 is 1.72 bits per heavy atom. The quantitative estimate of drug-likeness (QED) is 0.582. The first-order valence-corrected chi connectivity index (χ1v) is 11.8. The molecule has 3 aliphatic rings. The minimum Gasteiger partial charge on any atom is -0.454 e. The molecule has 1 amide bonds. The van der Waals surface area contributed by atoms with Gasteiger partial charge in [-0.15, -0.1) is 0 Å². The number of anilines is 2. The number of aromatic nitrogens is 2. The fourth-order valence-electron chi connectivity index (χ4n) is 5.00. The van der Waals surface area contributed by atoms with Gasteiger partial charge in [0.25, 0.3) is 5.91 Å². The van der Waals surface area contributed by atoms with Crippen LogP contribution in [0, 0.1) is 0 Å². The summed E-state index contributed by atoms with van der Waals surface area (Å²) in [6.45, 7) is 2.29. The Labute approximate surface area is 205 Å². The van der Waals surface area contributed by atoms with Crippen LogP contribution in [0.3, 0.4) is 0 Å². The van der Waals surface area contributed by atoms with E-state index < -0.39 is 18.3 Å². The van der Waals surface area contributed by atoms with E-state index >= 15 is 0 Å². The maximum Gasteiger partial charge on any atom is 0.410 e. The summed E-state index contributed by atoms with van der Waals surface area (Å²) < 4.78 is 53.8. The molecular weight excluding hydrogens is 475 g/mol. The van der Waals surface area contributed by atoms with E-state index in [4.69, 9.17) is 9.47 Å². The van der Waals surface area contributed by atoms with Crippen LogP contribution in [0.25, 0.3) is 0 Å². The number of ether oxygens (including phenoxy) is 2. The van der Waals surface area contributed by atoms with Gasteiger partial charge in [0.15, 0.2) is 23.2 Å². The number of para-hydroxylation sites is 1. The number of carbonyl (C=O) groups is 1. The Bertz CT molecular complexity index is 1270. The van der Waals surface area contributed by atoms with E-state index in [1.165, 1.54) is 6.07 Å². The van der Waals surface area contributed by atoms with Crippen molar-refractivity contribution >= 4 is 17.4 Å². The number of fused-ring (bicyclic) bond motifs is 2. The maximum atomic E-state index is 14.1. The third-order valence-electron chi connectivity index (χ3n) is 6.90. The number of carbonyl (C=O) groups excluding carboxylic acids is 1. The molecule has 3 aliphatic heterocycles. The van der Waals surface area contributed by atoms with E-state index in [9.17, 15) is 18.0 Å². The summed E-state index contributed by atoms with van der Waals surface area (Å²) >= 11 is 0. The van der Waals surface area contributed by atoms with E-state index in [1.54, 1.807) is 23.1 Å². The fraction of sp³-hybridized carbons (Fsp3) is 0.360. The highest BCUT2D eigenvalue weighted by Gasteiger charge is 2.47. The minimum absolute atomic E-state index is 0.00578. The number of alkyl halides is 3. The normalized spacial score (nSPS) is 21.2. The number of hydrogen-bond acceptors (Lipinski definition) is 6. The third-order valence-corrected chi connectivity index (χ3v) is 6.90. The molecule has 1 N–H and O–H groups in total. The lowest BCUT2D eigenvalue weighted by molar-refractivity contribution is -0.173. The van der Waals surface area contributed by atoms with Gasteiger partial charge in [0.2, 0.25) is 6.79 Å².